The van der Waals surface area contributed by atoms with Crippen LogP contribution in [0.25, 0.3) is 55.9 Å². The second-order valence-electron chi connectivity index (χ2n) is 14.1. The van der Waals surface area contributed by atoms with Crippen molar-refractivity contribution in [2.45, 2.75) is 57.8 Å². The van der Waals surface area contributed by atoms with Crippen molar-refractivity contribution in [1.82, 2.24) is 4.98 Å². The zero-order chi connectivity index (χ0) is 28.8. The maximum atomic E-state index is 6.16. The molecular formula is C40H33NO. The lowest BCUT2D eigenvalue weighted by Crippen LogP contribution is -2.17. The van der Waals surface area contributed by atoms with Gasteiger partial charge < -0.3 is 4.42 Å². The number of aromatic nitrogens is 1. The molecule has 0 bridgehead atoms. The lowest BCUT2D eigenvalue weighted by atomic mass is 9.78. The molecule has 6 aromatic rings. The molecule has 204 valence electrons. The summed E-state index contributed by atoms with van der Waals surface area (Å²) in [6, 6.07) is 33.7. The van der Waals surface area contributed by atoms with Crippen LogP contribution in [0, 0.1) is 0 Å². The quantitative estimate of drug-likeness (QED) is 0.206. The fourth-order valence-electron chi connectivity index (χ4n) is 8.28. The van der Waals surface area contributed by atoms with Gasteiger partial charge in [-0.05, 0) is 115 Å². The molecule has 0 atom stereocenters. The van der Waals surface area contributed by atoms with Gasteiger partial charge in [-0.1, -0.05) is 84.0 Å². The summed E-state index contributed by atoms with van der Waals surface area (Å²) >= 11 is 0. The van der Waals surface area contributed by atoms with Crippen molar-refractivity contribution in [3.8, 4) is 44.8 Å². The molecule has 42 heavy (non-hydrogen) atoms. The molecule has 0 aliphatic heterocycles. The van der Waals surface area contributed by atoms with E-state index in [1.165, 1.54) is 66.8 Å². The molecule has 0 saturated heterocycles. The molecule has 1 heterocycles. The third-order valence-electron chi connectivity index (χ3n) is 10.7. The van der Waals surface area contributed by atoms with Gasteiger partial charge in [0.2, 0.25) is 5.89 Å². The summed E-state index contributed by atoms with van der Waals surface area (Å²) < 4.78 is 6.16. The number of hydrogen-bond donors (Lipinski definition) is 0. The summed E-state index contributed by atoms with van der Waals surface area (Å²) in [6.07, 6.45) is 0. The van der Waals surface area contributed by atoms with Crippen LogP contribution in [0.15, 0.2) is 95.4 Å². The monoisotopic (exact) mass is 543 g/mol. The van der Waals surface area contributed by atoms with Gasteiger partial charge in [0.05, 0.1) is 0 Å². The van der Waals surface area contributed by atoms with Gasteiger partial charge in [0.15, 0.2) is 5.58 Å². The first-order chi connectivity index (χ1) is 20.1. The highest BCUT2D eigenvalue weighted by atomic mass is 16.3. The number of nitrogens with zero attached hydrogens (tertiary/aromatic N) is 1. The topological polar surface area (TPSA) is 26.0 Å². The summed E-state index contributed by atoms with van der Waals surface area (Å²) in [5.74, 6) is 0.681. The Hall–Kier alpha value is -4.43. The van der Waals surface area contributed by atoms with E-state index in [1.807, 2.05) is 24.3 Å². The Morgan fingerprint density at radius 2 is 0.929 bits per heavy atom. The fraction of sp³-hybridized carbons (Fsp3) is 0.225. The highest BCUT2D eigenvalue weighted by Gasteiger charge is 2.44. The van der Waals surface area contributed by atoms with E-state index < -0.39 is 0 Å². The summed E-state index contributed by atoms with van der Waals surface area (Å²) in [5.41, 5.74) is 19.3. The number of benzene rings is 5. The molecule has 5 aromatic carbocycles. The van der Waals surface area contributed by atoms with Crippen LogP contribution in [0.2, 0.25) is 0 Å². The smallest absolute Gasteiger partial charge is 0.227 e. The fourth-order valence-corrected chi connectivity index (χ4v) is 8.28. The van der Waals surface area contributed by atoms with Gasteiger partial charge in [0.25, 0.3) is 0 Å². The molecule has 0 N–H and O–H groups in total. The van der Waals surface area contributed by atoms with E-state index in [4.69, 9.17) is 9.40 Å². The van der Waals surface area contributed by atoms with Crippen LogP contribution in [0.5, 0.6) is 0 Å². The van der Waals surface area contributed by atoms with E-state index >= 15 is 0 Å². The molecule has 3 aliphatic carbocycles. The Balaban J connectivity index is 1.22. The van der Waals surface area contributed by atoms with Crippen molar-refractivity contribution in [3.63, 3.8) is 0 Å². The van der Waals surface area contributed by atoms with Gasteiger partial charge in [-0.3, -0.25) is 0 Å². The third kappa shape index (κ3) is 2.83. The summed E-state index contributed by atoms with van der Waals surface area (Å²) in [7, 11) is 0. The van der Waals surface area contributed by atoms with E-state index in [0.29, 0.717) is 5.89 Å². The molecule has 2 heteroatoms. The molecule has 2 nitrogen and oxygen atoms in total. The number of hydrogen-bond acceptors (Lipinski definition) is 2. The van der Waals surface area contributed by atoms with Gasteiger partial charge in [0, 0.05) is 21.8 Å². The molecular weight excluding hydrogens is 510 g/mol. The minimum atomic E-state index is -0.138. The van der Waals surface area contributed by atoms with E-state index in [9.17, 15) is 0 Å². The second kappa shape index (κ2) is 7.50. The van der Waals surface area contributed by atoms with E-state index in [2.05, 4.69) is 108 Å². The third-order valence-corrected chi connectivity index (χ3v) is 10.7. The van der Waals surface area contributed by atoms with Crippen LogP contribution in [-0.2, 0) is 16.2 Å². The molecule has 3 aliphatic rings. The van der Waals surface area contributed by atoms with Crippen molar-refractivity contribution in [2.75, 3.05) is 0 Å². The summed E-state index contributed by atoms with van der Waals surface area (Å²) in [6.45, 7) is 14.3. The SMILES string of the molecule is CC1(C)c2ccccc2-c2cc3c(cc21)-c1cc2c(cc1C3(C)C)-c1ccc(-c3nc4ccccc4o3)cc1C2(C)C. The first-order valence-corrected chi connectivity index (χ1v) is 15.1. The average molecular weight is 544 g/mol. The molecule has 9 rings (SSSR count). The number of para-hydroxylation sites is 2. The lowest BCUT2D eigenvalue weighted by molar-refractivity contribution is 0.618. The zero-order valence-electron chi connectivity index (χ0n) is 25.0. The molecule has 0 unspecified atom stereocenters. The van der Waals surface area contributed by atoms with E-state index in [0.717, 1.165) is 16.7 Å². The van der Waals surface area contributed by atoms with Crippen LogP contribution in [0.4, 0.5) is 0 Å². The molecule has 0 radical (unpaired) electrons. The van der Waals surface area contributed by atoms with Gasteiger partial charge in [-0.15, -0.1) is 0 Å². The predicted molar refractivity (Wildman–Crippen MR) is 172 cm³/mol. The van der Waals surface area contributed by atoms with Crippen molar-refractivity contribution in [2.24, 2.45) is 0 Å². The Bertz CT molecular complexity index is 2140. The van der Waals surface area contributed by atoms with Crippen molar-refractivity contribution >= 4 is 11.1 Å². The average Bonchev–Trinajstić information content (AvgIpc) is 3.64. The van der Waals surface area contributed by atoms with E-state index in [1.54, 1.807) is 0 Å². The largest absolute Gasteiger partial charge is 0.436 e. The second-order valence-corrected chi connectivity index (χ2v) is 14.1. The molecule has 0 fully saturated rings. The Kier molecular flexibility index (Phi) is 4.32. The molecule has 0 spiro atoms. The van der Waals surface area contributed by atoms with Gasteiger partial charge in [-0.25, -0.2) is 4.98 Å². The lowest BCUT2D eigenvalue weighted by Gasteiger charge is -2.24. The maximum Gasteiger partial charge on any atom is 0.227 e. The first-order valence-electron chi connectivity index (χ1n) is 15.1. The molecule has 0 amide bonds. The highest BCUT2D eigenvalue weighted by Crippen LogP contribution is 2.59. The van der Waals surface area contributed by atoms with Crippen LogP contribution < -0.4 is 0 Å². The zero-order valence-corrected chi connectivity index (χ0v) is 25.0. The van der Waals surface area contributed by atoms with E-state index in [-0.39, 0.29) is 16.2 Å². The van der Waals surface area contributed by atoms with Crippen molar-refractivity contribution < 1.29 is 4.42 Å². The predicted octanol–water partition coefficient (Wildman–Crippen LogP) is 10.4. The highest BCUT2D eigenvalue weighted by molar-refractivity contribution is 5.93. The normalized spacial score (nSPS) is 17.4. The summed E-state index contributed by atoms with van der Waals surface area (Å²) in [4.78, 5) is 4.79. The minimum Gasteiger partial charge on any atom is -0.436 e. The minimum absolute atomic E-state index is 0.0127. The number of rotatable bonds is 1. The molecule has 1 aromatic heterocycles. The van der Waals surface area contributed by atoms with Gasteiger partial charge in [-0.2, -0.15) is 0 Å². The van der Waals surface area contributed by atoms with Gasteiger partial charge in [0.1, 0.15) is 5.52 Å². The first kappa shape index (κ1) is 24.2. The van der Waals surface area contributed by atoms with Gasteiger partial charge >= 0.3 is 0 Å². The maximum absolute atomic E-state index is 6.16. The van der Waals surface area contributed by atoms with Crippen molar-refractivity contribution in [1.29, 1.82) is 0 Å². The Labute approximate surface area is 247 Å². The van der Waals surface area contributed by atoms with Crippen molar-refractivity contribution in [3.05, 3.63) is 124 Å². The number of fused-ring (bicyclic) bond motifs is 10. The molecule has 0 saturated carbocycles. The summed E-state index contributed by atoms with van der Waals surface area (Å²) in [5, 5.41) is 0. The van der Waals surface area contributed by atoms with Crippen LogP contribution in [0.1, 0.15) is 74.9 Å². The Morgan fingerprint density at radius 1 is 0.452 bits per heavy atom. The number of oxazole rings is 1. The van der Waals surface area contributed by atoms with Crippen LogP contribution >= 0.6 is 0 Å². The standard InChI is InChI=1S/C40H33NO/c1-38(2)29-12-8-7-11-23(29)25-18-33-27(20-31(25)38)28-21-32-26(19-34(28)40(33,5)6)24-16-15-22(17-30(24)39(32,3)4)37-41-35-13-9-10-14-36(35)42-37/h7-21H,1-6H3. The van der Waals surface area contributed by atoms with Crippen LogP contribution in [-0.4, -0.2) is 4.98 Å². The van der Waals surface area contributed by atoms with Crippen LogP contribution in [0.3, 0.4) is 0 Å². The Morgan fingerprint density at radius 3 is 1.55 bits per heavy atom.